The Morgan fingerprint density at radius 3 is 2.30 bits per heavy atom. The van der Waals surface area contributed by atoms with Crippen LogP contribution in [0.5, 0.6) is 5.75 Å². The third kappa shape index (κ3) is 6.59. The van der Waals surface area contributed by atoms with E-state index in [9.17, 15) is 14.4 Å². The quantitative estimate of drug-likeness (QED) is 0.585. The third-order valence-electron chi connectivity index (χ3n) is 4.71. The minimum Gasteiger partial charge on any atom is -0.497 e. The fourth-order valence-electron chi connectivity index (χ4n) is 2.89. The second kappa shape index (κ2) is 10.2. The van der Waals surface area contributed by atoms with Crippen LogP contribution >= 0.6 is 15.9 Å². The van der Waals surface area contributed by atoms with E-state index in [-0.39, 0.29) is 30.8 Å². The van der Waals surface area contributed by atoms with Crippen molar-refractivity contribution >= 4 is 39.3 Å². The smallest absolute Gasteiger partial charge is 0.254 e. The van der Waals surface area contributed by atoms with Gasteiger partial charge in [0, 0.05) is 22.3 Å². The van der Waals surface area contributed by atoms with Gasteiger partial charge in [0.25, 0.3) is 5.91 Å². The molecule has 1 aliphatic rings. The first-order valence-corrected chi connectivity index (χ1v) is 10.5. The van der Waals surface area contributed by atoms with Gasteiger partial charge in [0.2, 0.25) is 11.8 Å². The maximum Gasteiger partial charge on any atom is 0.254 e. The number of hydrogen-bond donors (Lipinski definition) is 2. The van der Waals surface area contributed by atoms with E-state index in [0.29, 0.717) is 29.5 Å². The van der Waals surface area contributed by atoms with Gasteiger partial charge in [-0.05, 0) is 67.3 Å². The van der Waals surface area contributed by atoms with Crippen LogP contribution in [0.4, 0.5) is 5.69 Å². The predicted octanol–water partition coefficient (Wildman–Crippen LogP) is 3.06. The number of halogens is 1. The van der Waals surface area contributed by atoms with Crippen molar-refractivity contribution in [2.45, 2.75) is 12.8 Å². The van der Waals surface area contributed by atoms with Crippen molar-refractivity contribution < 1.29 is 19.1 Å². The molecule has 1 saturated carbocycles. The lowest BCUT2D eigenvalue weighted by Crippen LogP contribution is -2.43. The van der Waals surface area contributed by atoms with Gasteiger partial charge in [-0.1, -0.05) is 15.9 Å². The van der Waals surface area contributed by atoms with E-state index < -0.39 is 0 Å². The molecule has 2 aromatic carbocycles. The van der Waals surface area contributed by atoms with Gasteiger partial charge in [-0.3, -0.25) is 14.4 Å². The molecule has 158 valence electrons. The monoisotopic (exact) mass is 473 g/mol. The second-order valence-corrected chi connectivity index (χ2v) is 8.11. The zero-order valence-electron chi connectivity index (χ0n) is 16.7. The van der Waals surface area contributed by atoms with Gasteiger partial charge in [-0.15, -0.1) is 0 Å². The van der Waals surface area contributed by atoms with Crippen LogP contribution in [-0.4, -0.2) is 49.4 Å². The molecule has 0 aliphatic heterocycles. The topological polar surface area (TPSA) is 87.7 Å². The zero-order chi connectivity index (χ0) is 21.5. The molecular formula is C22H24BrN3O4. The molecular weight excluding hydrogens is 450 g/mol. The lowest BCUT2D eigenvalue weighted by atomic mass is 10.2. The summed E-state index contributed by atoms with van der Waals surface area (Å²) in [4.78, 5) is 38.8. The number of benzene rings is 2. The van der Waals surface area contributed by atoms with Gasteiger partial charge in [-0.25, -0.2) is 0 Å². The molecule has 0 radical (unpaired) electrons. The zero-order valence-corrected chi connectivity index (χ0v) is 18.3. The molecule has 2 aromatic rings. The third-order valence-corrected chi connectivity index (χ3v) is 5.24. The number of carbonyl (C=O) groups is 3. The standard InChI is InChI=1S/C22H24BrN3O4/c1-30-19-10-8-18(9-11-19)25-20(27)12-24-21(28)14-26(13-15-2-3-15)22(29)16-4-6-17(23)7-5-16/h4-11,15H,2-3,12-14H2,1H3,(H,24,28)(H,25,27). The van der Waals surface area contributed by atoms with Gasteiger partial charge in [-0.2, -0.15) is 0 Å². The summed E-state index contributed by atoms with van der Waals surface area (Å²) in [5.41, 5.74) is 1.14. The average molecular weight is 474 g/mol. The molecule has 0 aromatic heterocycles. The molecule has 8 heteroatoms. The Kier molecular flexibility index (Phi) is 7.46. The second-order valence-electron chi connectivity index (χ2n) is 7.19. The first-order valence-electron chi connectivity index (χ1n) is 9.70. The van der Waals surface area contributed by atoms with Crippen molar-refractivity contribution in [2.24, 2.45) is 5.92 Å². The minimum absolute atomic E-state index is 0.0821. The lowest BCUT2D eigenvalue weighted by Gasteiger charge is -2.22. The Labute approximate surface area is 183 Å². The van der Waals surface area contributed by atoms with Crippen molar-refractivity contribution in [1.29, 1.82) is 0 Å². The summed E-state index contributed by atoms with van der Waals surface area (Å²) >= 11 is 3.35. The van der Waals surface area contributed by atoms with Crippen LogP contribution in [0.15, 0.2) is 53.0 Å². The Hall–Kier alpha value is -2.87. The SMILES string of the molecule is COc1ccc(NC(=O)CNC(=O)CN(CC2CC2)C(=O)c2ccc(Br)cc2)cc1. The summed E-state index contributed by atoms with van der Waals surface area (Å²) in [6, 6.07) is 14.0. The number of carbonyl (C=O) groups excluding carboxylic acids is 3. The largest absolute Gasteiger partial charge is 0.497 e. The molecule has 7 nitrogen and oxygen atoms in total. The highest BCUT2D eigenvalue weighted by atomic mass is 79.9. The fourth-order valence-corrected chi connectivity index (χ4v) is 3.16. The Morgan fingerprint density at radius 2 is 1.70 bits per heavy atom. The van der Waals surface area contributed by atoms with Gasteiger partial charge in [0.05, 0.1) is 20.2 Å². The summed E-state index contributed by atoms with van der Waals surface area (Å²) < 4.78 is 5.96. The van der Waals surface area contributed by atoms with E-state index in [1.165, 1.54) is 0 Å². The summed E-state index contributed by atoms with van der Waals surface area (Å²) in [5, 5.41) is 5.29. The van der Waals surface area contributed by atoms with Gasteiger partial charge in [0.1, 0.15) is 5.75 Å². The number of methoxy groups -OCH3 is 1. The highest BCUT2D eigenvalue weighted by Gasteiger charge is 2.28. The van der Waals surface area contributed by atoms with Gasteiger partial charge >= 0.3 is 0 Å². The molecule has 3 rings (SSSR count). The first-order chi connectivity index (χ1) is 14.4. The Morgan fingerprint density at radius 1 is 1.03 bits per heavy atom. The number of amides is 3. The highest BCUT2D eigenvalue weighted by molar-refractivity contribution is 9.10. The molecule has 0 heterocycles. The molecule has 1 aliphatic carbocycles. The fraction of sp³-hybridized carbons (Fsp3) is 0.318. The average Bonchev–Trinajstić information content (AvgIpc) is 3.56. The number of hydrogen-bond acceptors (Lipinski definition) is 4. The molecule has 0 unspecified atom stereocenters. The number of nitrogens with one attached hydrogen (secondary N) is 2. The number of anilines is 1. The van der Waals surface area contributed by atoms with E-state index in [1.807, 2.05) is 0 Å². The van der Waals surface area contributed by atoms with E-state index in [2.05, 4.69) is 26.6 Å². The maximum atomic E-state index is 12.8. The summed E-state index contributed by atoms with van der Waals surface area (Å²) in [6.07, 6.45) is 2.13. The predicted molar refractivity (Wildman–Crippen MR) is 117 cm³/mol. The van der Waals surface area contributed by atoms with E-state index in [4.69, 9.17) is 4.74 Å². The molecule has 2 N–H and O–H groups in total. The van der Waals surface area contributed by atoms with E-state index in [1.54, 1.807) is 60.5 Å². The summed E-state index contributed by atoms with van der Waals surface area (Å²) in [6.45, 7) is 0.288. The van der Waals surface area contributed by atoms with E-state index >= 15 is 0 Å². The highest BCUT2D eigenvalue weighted by Crippen LogP contribution is 2.30. The van der Waals surface area contributed by atoms with Gasteiger partial charge < -0.3 is 20.3 Å². The lowest BCUT2D eigenvalue weighted by molar-refractivity contribution is -0.124. The Balaban J connectivity index is 1.51. The van der Waals surface area contributed by atoms with Crippen molar-refractivity contribution in [1.82, 2.24) is 10.2 Å². The van der Waals surface area contributed by atoms with Crippen LogP contribution in [0, 0.1) is 5.92 Å². The summed E-state index contributed by atoms with van der Waals surface area (Å²) in [7, 11) is 1.57. The van der Waals surface area contributed by atoms with Crippen LogP contribution in [0.25, 0.3) is 0 Å². The first kappa shape index (κ1) is 21.8. The van der Waals surface area contributed by atoms with Crippen molar-refractivity contribution in [2.75, 3.05) is 32.1 Å². The molecule has 0 bridgehead atoms. The van der Waals surface area contributed by atoms with Crippen molar-refractivity contribution in [3.63, 3.8) is 0 Å². The van der Waals surface area contributed by atoms with Crippen LogP contribution < -0.4 is 15.4 Å². The van der Waals surface area contributed by atoms with Crippen LogP contribution in [-0.2, 0) is 9.59 Å². The van der Waals surface area contributed by atoms with Gasteiger partial charge in [0.15, 0.2) is 0 Å². The number of ether oxygens (including phenoxy) is 1. The molecule has 1 fully saturated rings. The van der Waals surface area contributed by atoms with Crippen LogP contribution in [0.1, 0.15) is 23.2 Å². The maximum absolute atomic E-state index is 12.8. The molecule has 0 spiro atoms. The molecule has 30 heavy (non-hydrogen) atoms. The van der Waals surface area contributed by atoms with Crippen LogP contribution in [0.3, 0.4) is 0 Å². The summed E-state index contributed by atoms with van der Waals surface area (Å²) in [5.74, 6) is 0.225. The molecule has 0 atom stereocenters. The van der Waals surface area contributed by atoms with Crippen molar-refractivity contribution in [3.8, 4) is 5.75 Å². The molecule has 3 amide bonds. The molecule has 0 saturated heterocycles. The van der Waals surface area contributed by atoms with E-state index in [0.717, 1.165) is 17.3 Å². The number of rotatable bonds is 9. The van der Waals surface area contributed by atoms with Crippen molar-refractivity contribution in [3.05, 3.63) is 58.6 Å². The Bertz CT molecular complexity index is 896. The number of nitrogens with zero attached hydrogens (tertiary/aromatic N) is 1. The minimum atomic E-state index is -0.369. The van der Waals surface area contributed by atoms with Crippen LogP contribution in [0.2, 0.25) is 0 Å². The normalized spacial score (nSPS) is 12.7.